The molecule has 1 unspecified atom stereocenters. The van der Waals surface area contributed by atoms with Crippen LogP contribution < -0.4 is 5.32 Å². The molecule has 3 heterocycles. The number of imide groups is 1. The van der Waals surface area contributed by atoms with E-state index in [1.54, 1.807) is 0 Å². The second-order valence-electron chi connectivity index (χ2n) is 10.5. The monoisotopic (exact) mass is 475 g/mol. The predicted molar refractivity (Wildman–Crippen MR) is 128 cm³/mol. The number of benzene rings is 2. The maximum absolute atomic E-state index is 15.2. The zero-order valence-electron chi connectivity index (χ0n) is 19.8. The number of hydrogen-bond donors (Lipinski definition) is 1. The van der Waals surface area contributed by atoms with Crippen LogP contribution in [0.5, 0.6) is 0 Å². The molecule has 6 nitrogen and oxygen atoms in total. The summed E-state index contributed by atoms with van der Waals surface area (Å²) in [5, 5.41) is 2.31. The van der Waals surface area contributed by atoms with Gasteiger partial charge in [-0.3, -0.25) is 24.6 Å². The van der Waals surface area contributed by atoms with Crippen molar-refractivity contribution in [3.63, 3.8) is 0 Å². The van der Waals surface area contributed by atoms with Gasteiger partial charge in [-0.1, -0.05) is 30.3 Å². The lowest BCUT2D eigenvalue weighted by molar-refractivity contribution is -0.136. The molecule has 2 saturated heterocycles. The number of nitrogens with one attached hydrogen (secondary N) is 1. The average Bonchev–Trinajstić information content (AvgIpc) is 3.65. The van der Waals surface area contributed by atoms with Gasteiger partial charge in [0.05, 0.1) is 0 Å². The maximum Gasteiger partial charge on any atom is 0.255 e. The summed E-state index contributed by atoms with van der Waals surface area (Å²) in [7, 11) is 0. The molecule has 1 saturated carbocycles. The summed E-state index contributed by atoms with van der Waals surface area (Å²) in [5.74, 6) is -0.574. The van der Waals surface area contributed by atoms with E-state index in [2.05, 4.69) is 34.5 Å². The molecule has 0 spiro atoms. The number of halogens is 1. The Bertz CT molecular complexity index is 1200. The lowest BCUT2D eigenvalue weighted by Crippen LogP contribution is -2.52. The number of hydrogen-bond acceptors (Lipinski definition) is 4. The minimum Gasteiger partial charge on any atom is -0.322 e. The normalized spacial score (nSPS) is 23.5. The highest BCUT2D eigenvalue weighted by Gasteiger charge is 2.40. The maximum atomic E-state index is 15.2. The number of fused-ring (bicyclic) bond motifs is 1. The highest BCUT2D eigenvalue weighted by atomic mass is 19.1. The van der Waals surface area contributed by atoms with Crippen LogP contribution in [-0.4, -0.2) is 46.7 Å². The molecule has 3 amide bonds. The van der Waals surface area contributed by atoms with Gasteiger partial charge in [-0.2, -0.15) is 0 Å². The first kappa shape index (κ1) is 22.4. The Hall–Kier alpha value is -3.06. The van der Waals surface area contributed by atoms with Gasteiger partial charge in [-0.05, 0) is 85.3 Å². The molecule has 1 atom stereocenters. The summed E-state index contributed by atoms with van der Waals surface area (Å²) in [5.41, 5.74) is 4.70. The molecule has 7 heteroatoms. The number of nitrogens with zero attached hydrogens (tertiary/aromatic N) is 2. The third-order valence-electron chi connectivity index (χ3n) is 8.13. The van der Waals surface area contributed by atoms with E-state index in [1.807, 2.05) is 6.07 Å². The number of carbonyl (C=O) groups is 3. The van der Waals surface area contributed by atoms with E-state index in [0.29, 0.717) is 17.5 Å². The van der Waals surface area contributed by atoms with Gasteiger partial charge in [-0.15, -0.1) is 0 Å². The molecule has 0 bridgehead atoms. The largest absolute Gasteiger partial charge is 0.322 e. The second kappa shape index (κ2) is 8.86. The van der Waals surface area contributed by atoms with E-state index >= 15 is 4.39 Å². The molecule has 182 valence electrons. The second-order valence-corrected chi connectivity index (χ2v) is 10.5. The smallest absolute Gasteiger partial charge is 0.255 e. The van der Waals surface area contributed by atoms with Crippen LogP contribution in [0, 0.1) is 5.82 Å². The Labute approximate surface area is 204 Å². The van der Waals surface area contributed by atoms with Gasteiger partial charge < -0.3 is 4.90 Å². The third kappa shape index (κ3) is 4.27. The van der Waals surface area contributed by atoms with Gasteiger partial charge in [0.15, 0.2) is 0 Å². The van der Waals surface area contributed by atoms with Crippen molar-refractivity contribution >= 4 is 17.7 Å². The fourth-order valence-corrected chi connectivity index (χ4v) is 6.03. The van der Waals surface area contributed by atoms with Gasteiger partial charge in [-0.25, -0.2) is 4.39 Å². The Balaban J connectivity index is 1.13. The fraction of sp³-hybridized carbons (Fsp3) is 0.464. The number of carbonyl (C=O) groups excluding carboxylic acids is 3. The van der Waals surface area contributed by atoms with Gasteiger partial charge >= 0.3 is 0 Å². The van der Waals surface area contributed by atoms with E-state index in [1.165, 1.54) is 34.9 Å². The molecule has 3 fully saturated rings. The van der Waals surface area contributed by atoms with Crippen molar-refractivity contribution in [2.24, 2.45) is 0 Å². The minimum atomic E-state index is -0.680. The van der Waals surface area contributed by atoms with Gasteiger partial charge in [0.2, 0.25) is 11.8 Å². The molecule has 4 aliphatic rings. The van der Waals surface area contributed by atoms with E-state index in [9.17, 15) is 14.4 Å². The first-order valence-corrected chi connectivity index (χ1v) is 12.7. The van der Waals surface area contributed by atoms with Crippen LogP contribution in [0.2, 0.25) is 0 Å². The zero-order chi connectivity index (χ0) is 24.1. The van der Waals surface area contributed by atoms with Crippen LogP contribution in [0.1, 0.15) is 83.0 Å². The minimum absolute atomic E-state index is 0.120. The van der Waals surface area contributed by atoms with Crippen LogP contribution in [0.15, 0.2) is 36.4 Å². The molecule has 2 aromatic carbocycles. The van der Waals surface area contributed by atoms with Crippen LogP contribution in [-0.2, 0) is 22.7 Å². The summed E-state index contributed by atoms with van der Waals surface area (Å²) >= 11 is 0. The van der Waals surface area contributed by atoms with Crippen molar-refractivity contribution in [2.75, 3.05) is 13.1 Å². The van der Waals surface area contributed by atoms with Gasteiger partial charge in [0.25, 0.3) is 5.91 Å². The molecule has 2 aromatic rings. The molecule has 35 heavy (non-hydrogen) atoms. The first-order chi connectivity index (χ1) is 17.0. The van der Waals surface area contributed by atoms with E-state index in [4.69, 9.17) is 0 Å². The lowest BCUT2D eigenvalue weighted by atomic mass is 9.87. The number of piperidine rings is 2. The summed E-state index contributed by atoms with van der Waals surface area (Å²) < 4.78 is 15.2. The quantitative estimate of drug-likeness (QED) is 0.667. The van der Waals surface area contributed by atoms with Crippen molar-refractivity contribution < 1.29 is 18.8 Å². The van der Waals surface area contributed by atoms with Crippen LogP contribution >= 0.6 is 0 Å². The van der Waals surface area contributed by atoms with Crippen LogP contribution in [0.25, 0.3) is 0 Å². The average molecular weight is 476 g/mol. The number of likely N-dealkylation sites (tertiary alicyclic amines) is 1. The molecule has 6 rings (SSSR count). The topological polar surface area (TPSA) is 69.7 Å². The molecule has 1 aliphatic carbocycles. The number of rotatable bonds is 5. The van der Waals surface area contributed by atoms with Crippen molar-refractivity contribution in [3.05, 3.63) is 70.0 Å². The highest BCUT2D eigenvalue weighted by Crippen LogP contribution is 2.42. The summed E-state index contributed by atoms with van der Waals surface area (Å²) in [4.78, 5) is 40.7. The Morgan fingerprint density at radius 3 is 2.40 bits per heavy atom. The van der Waals surface area contributed by atoms with Gasteiger partial charge in [0.1, 0.15) is 11.9 Å². The van der Waals surface area contributed by atoms with Crippen molar-refractivity contribution in [2.45, 2.75) is 69.5 Å². The highest BCUT2D eigenvalue weighted by molar-refractivity contribution is 6.05. The molecule has 1 N–H and O–H groups in total. The molecule has 3 aliphatic heterocycles. The molecular weight excluding hydrogens is 445 g/mol. The Morgan fingerprint density at radius 1 is 0.914 bits per heavy atom. The van der Waals surface area contributed by atoms with E-state index in [0.717, 1.165) is 44.0 Å². The van der Waals surface area contributed by atoms with Crippen LogP contribution in [0.4, 0.5) is 4.39 Å². The summed E-state index contributed by atoms with van der Waals surface area (Å²) in [6.45, 7) is 3.06. The molecule has 0 radical (unpaired) electrons. The standard InChI is InChI=1S/C28H30FN3O3/c29-24-14-23-20(16-32(28(23)35)25-7-8-26(33)30-27(25)34)13-22(24)18-9-11-31(12-10-18)15-19-3-1-2-4-21(19)17-5-6-17/h1-4,13-14,17-18,25H,5-12,15-16H2,(H,30,33,34). The van der Waals surface area contributed by atoms with Gasteiger partial charge in [0, 0.05) is 25.1 Å². The van der Waals surface area contributed by atoms with Crippen molar-refractivity contribution in [3.8, 4) is 0 Å². The number of amides is 3. The Kier molecular flexibility index (Phi) is 5.67. The molecular formula is C28H30FN3O3. The lowest BCUT2D eigenvalue weighted by Gasteiger charge is -2.33. The van der Waals surface area contributed by atoms with Crippen molar-refractivity contribution in [1.82, 2.24) is 15.1 Å². The first-order valence-electron chi connectivity index (χ1n) is 12.7. The predicted octanol–water partition coefficient (Wildman–Crippen LogP) is 3.84. The fourth-order valence-electron chi connectivity index (χ4n) is 6.03. The van der Waals surface area contributed by atoms with E-state index in [-0.39, 0.29) is 36.5 Å². The SMILES string of the molecule is O=C1CCC(N2Cc3cc(C4CCN(Cc5ccccc5C5CC5)CC4)c(F)cc3C2=O)C(=O)N1. The summed E-state index contributed by atoms with van der Waals surface area (Å²) in [6.07, 6.45) is 4.86. The van der Waals surface area contributed by atoms with Crippen LogP contribution in [0.3, 0.4) is 0 Å². The molecule has 0 aromatic heterocycles. The third-order valence-corrected chi connectivity index (χ3v) is 8.13. The zero-order valence-corrected chi connectivity index (χ0v) is 19.8. The Morgan fingerprint density at radius 2 is 1.66 bits per heavy atom. The van der Waals surface area contributed by atoms with E-state index < -0.39 is 11.9 Å². The van der Waals surface area contributed by atoms with Crippen molar-refractivity contribution in [1.29, 1.82) is 0 Å². The summed E-state index contributed by atoms with van der Waals surface area (Å²) in [6, 6.07) is 11.3.